The molecule has 0 fully saturated rings. The number of carbonyl (C=O) groups excluding carboxylic acids is 1. The summed E-state index contributed by atoms with van der Waals surface area (Å²) < 4.78 is 1.71. The number of para-hydroxylation sites is 1. The summed E-state index contributed by atoms with van der Waals surface area (Å²) in [6.07, 6.45) is 3.11. The smallest absolute Gasteiger partial charge is 0.323 e. The van der Waals surface area contributed by atoms with E-state index in [4.69, 9.17) is 5.11 Å². The number of aliphatic carboxylic acids is 1. The first-order valence-corrected chi connectivity index (χ1v) is 8.95. The van der Waals surface area contributed by atoms with Crippen molar-refractivity contribution in [3.8, 4) is 5.69 Å². The molecule has 1 amide bonds. The molecular formula is C17H17N5O3S. The van der Waals surface area contributed by atoms with Gasteiger partial charge in [0, 0.05) is 6.54 Å². The molecule has 0 saturated heterocycles. The Kier molecular flexibility index (Phi) is 5.47. The number of hydrogen-bond donors (Lipinski definition) is 1. The highest BCUT2D eigenvalue weighted by Crippen LogP contribution is 2.25. The minimum atomic E-state index is -1.03. The van der Waals surface area contributed by atoms with Crippen molar-refractivity contribution < 1.29 is 14.7 Å². The van der Waals surface area contributed by atoms with E-state index in [1.165, 1.54) is 23.0 Å². The van der Waals surface area contributed by atoms with Crippen LogP contribution in [0.25, 0.3) is 16.7 Å². The van der Waals surface area contributed by atoms with Crippen molar-refractivity contribution in [1.82, 2.24) is 24.6 Å². The number of carboxylic acid groups (broad SMARTS) is 1. The number of benzene rings is 1. The number of hydrogen-bond acceptors (Lipinski definition) is 6. The monoisotopic (exact) mass is 371 g/mol. The largest absolute Gasteiger partial charge is 0.480 e. The van der Waals surface area contributed by atoms with E-state index < -0.39 is 5.97 Å². The van der Waals surface area contributed by atoms with Crippen LogP contribution in [0.5, 0.6) is 0 Å². The van der Waals surface area contributed by atoms with Crippen LogP contribution in [0.3, 0.4) is 0 Å². The van der Waals surface area contributed by atoms with Gasteiger partial charge in [0.2, 0.25) is 5.91 Å². The van der Waals surface area contributed by atoms with Crippen LogP contribution >= 0.6 is 11.8 Å². The predicted octanol–water partition coefficient (Wildman–Crippen LogP) is 1.84. The summed E-state index contributed by atoms with van der Waals surface area (Å²) in [5, 5.41) is 14.6. The summed E-state index contributed by atoms with van der Waals surface area (Å²) in [7, 11) is 0. The minimum Gasteiger partial charge on any atom is -0.480 e. The van der Waals surface area contributed by atoms with Gasteiger partial charge in [0.25, 0.3) is 0 Å². The van der Waals surface area contributed by atoms with E-state index in [1.54, 1.807) is 17.8 Å². The molecule has 0 atom stereocenters. The van der Waals surface area contributed by atoms with Crippen LogP contribution in [0, 0.1) is 0 Å². The normalized spacial score (nSPS) is 10.8. The Morgan fingerprint density at radius 1 is 1.23 bits per heavy atom. The molecule has 0 saturated carbocycles. The lowest BCUT2D eigenvalue weighted by atomic mass is 10.3. The van der Waals surface area contributed by atoms with Crippen molar-refractivity contribution in [2.24, 2.45) is 0 Å². The third-order valence-corrected chi connectivity index (χ3v) is 4.71. The Labute approximate surface area is 153 Å². The summed E-state index contributed by atoms with van der Waals surface area (Å²) in [6, 6.07) is 9.61. The molecule has 3 aromatic rings. The van der Waals surface area contributed by atoms with E-state index in [1.807, 2.05) is 30.3 Å². The zero-order valence-corrected chi connectivity index (χ0v) is 14.9. The van der Waals surface area contributed by atoms with Crippen molar-refractivity contribution in [2.45, 2.75) is 11.9 Å². The second kappa shape index (κ2) is 7.96. The quantitative estimate of drug-likeness (QED) is 0.499. The fraction of sp³-hybridized carbons (Fsp3) is 0.235. The average molecular weight is 371 g/mol. The lowest BCUT2D eigenvalue weighted by Gasteiger charge is -2.18. The van der Waals surface area contributed by atoms with Crippen LogP contribution in [0.15, 0.2) is 47.9 Å². The van der Waals surface area contributed by atoms with Crippen LogP contribution in [-0.2, 0) is 9.59 Å². The number of amides is 1. The lowest BCUT2D eigenvalue weighted by molar-refractivity contribution is -0.143. The molecule has 1 N–H and O–H groups in total. The van der Waals surface area contributed by atoms with Gasteiger partial charge in [-0.25, -0.2) is 14.6 Å². The number of rotatable bonds is 7. The van der Waals surface area contributed by atoms with Gasteiger partial charge in [-0.3, -0.25) is 9.59 Å². The molecule has 0 aliphatic rings. The minimum absolute atomic E-state index is 0.101. The van der Waals surface area contributed by atoms with Gasteiger partial charge in [-0.05, 0) is 19.1 Å². The van der Waals surface area contributed by atoms with E-state index in [0.717, 1.165) is 11.1 Å². The fourth-order valence-electron chi connectivity index (χ4n) is 2.46. The van der Waals surface area contributed by atoms with Crippen molar-refractivity contribution in [1.29, 1.82) is 0 Å². The van der Waals surface area contributed by atoms with Crippen molar-refractivity contribution >= 4 is 34.7 Å². The molecule has 134 valence electrons. The Balaban J connectivity index is 1.80. The second-order valence-corrected chi connectivity index (χ2v) is 6.36. The highest BCUT2D eigenvalue weighted by molar-refractivity contribution is 8.00. The number of carboxylic acids is 1. The lowest BCUT2D eigenvalue weighted by Crippen LogP contribution is -2.36. The molecule has 0 bridgehead atoms. The maximum Gasteiger partial charge on any atom is 0.323 e. The Bertz CT molecular complexity index is 929. The molecule has 2 heterocycles. The summed E-state index contributed by atoms with van der Waals surface area (Å²) >= 11 is 1.25. The molecule has 0 spiro atoms. The predicted molar refractivity (Wildman–Crippen MR) is 97.3 cm³/mol. The van der Waals surface area contributed by atoms with E-state index >= 15 is 0 Å². The highest BCUT2D eigenvalue weighted by atomic mass is 32.2. The molecule has 0 radical (unpaired) electrons. The number of fused-ring (bicyclic) bond motifs is 1. The van der Waals surface area contributed by atoms with Gasteiger partial charge < -0.3 is 10.0 Å². The maximum absolute atomic E-state index is 12.2. The molecular weight excluding hydrogens is 354 g/mol. The topological polar surface area (TPSA) is 101 Å². The van der Waals surface area contributed by atoms with Crippen LogP contribution in [0.4, 0.5) is 0 Å². The average Bonchev–Trinajstić information content (AvgIpc) is 3.09. The summed E-state index contributed by atoms with van der Waals surface area (Å²) in [6.45, 7) is 1.79. The Morgan fingerprint density at radius 3 is 2.69 bits per heavy atom. The molecule has 3 rings (SSSR count). The first kappa shape index (κ1) is 17.9. The summed E-state index contributed by atoms with van der Waals surface area (Å²) in [5.74, 6) is -1.18. The van der Waals surface area contributed by atoms with Gasteiger partial charge in [0.1, 0.15) is 17.9 Å². The summed E-state index contributed by atoms with van der Waals surface area (Å²) in [4.78, 5) is 32.9. The first-order valence-electron chi connectivity index (χ1n) is 7.96. The molecule has 0 aliphatic heterocycles. The SMILES string of the molecule is CCN(CC(=O)O)C(=O)CSc1ncnc2c1cnn2-c1ccccc1. The van der Waals surface area contributed by atoms with Crippen LogP contribution in [-0.4, -0.2) is 60.5 Å². The summed E-state index contributed by atoms with van der Waals surface area (Å²) in [5.41, 5.74) is 1.53. The van der Waals surface area contributed by atoms with E-state index in [0.29, 0.717) is 17.2 Å². The van der Waals surface area contributed by atoms with Gasteiger partial charge in [-0.15, -0.1) is 0 Å². The number of nitrogens with zero attached hydrogens (tertiary/aromatic N) is 5. The van der Waals surface area contributed by atoms with E-state index in [-0.39, 0.29) is 18.2 Å². The van der Waals surface area contributed by atoms with E-state index in [9.17, 15) is 9.59 Å². The van der Waals surface area contributed by atoms with Gasteiger partial charge in [-0.1, -0.05) is 30.0 Å². The third-order valence-electron chi connectivity index (χ3n) is 3.72. The molecule has 2 aromatic heterocycles. The Hall–Kier alpha value is -2.94. The molecule has 9 heteroatoms. The van der Waals surface area contributed by atoms with Crippen LogP contribution in [0.2, 0.25) is 0 Å². The zero-order chi connectivity index (χ0) is 18.5. The zero-order valence-electron chi connectivity index (χ0n) is 14.1. The van der Waals surface area contributed by atoms with Crippen molar-refractivity contribution in [3.05, 3.63) is 42.9 Å². The Morgan fingerprint density at radius 2 is 2.00 bits per heavy atom. The van der Waals surface area contributed by atoms with Gasteiger partial charge in [-0.2, -0.15) is 5.10 Å². The van der Waals surface area contributed by atoms with E-state index in [2.05, 4.69) is 15.1 Å². The molecule has 1 aromatic carbocycles. The van der Waals surface area contributed by atoms with Crippen LogP contribution in [0.1, 0.15) is 6.92 Å². The number of likely N-dealkylation sites (N-methyl/N-ethyl adjacent to an activating group) is 1. The fourth-order valence-corrected chi connectivity index (χ4v) is 3.32. The van der Waals surface area contributed by atoms with Crippen LogP contribution < -0.4 is 0 Å². The van der Waals surface area contributed by atoms with Gasteiger partial charge in [0.05, 0.1) is 23.0 Å². The standard InChI is InChI=1S/C17H17N5O3S/c1-2-21(9-15(24)25)14(23)10-26-17-13-8-20-22(16(13)18-11-19-17)12-6-4-3-5-7-12/h3-8,11H,2,9-10H2,1H3,(H,24,25). The van der Waals surface area contributed by atoms with Gasteiger partial charge in [0.15, 0.2) is 5.65 Å². The number of aromatic nitrogens is 4. The van der Waals surface area contributed by atoms with Crippen molar-refractivity contribution in [3.63, 3.8) is 0 Å². The molecule has 0 unspecified atom stereocenters. The maximum atomic E-state index is 12.2. The molecule has 26 heavy (non-hydrogen) atoms. The third kappa shape index (κ3) is 3.83. The van der Waals surface area contributed by atoms with Gasteiger partial charge >= 0.3 is 5.97 Å². The highest BCUT2D eigenvalue weighted by Gasteiger charge is 2.17. The number of thioether (sulfide) groups is 1. The first-order chi connectivity index (χ1) is 12.6. The van der Waals surface area contributed by atoms with Crippen molar-refractivity contribution in [2.75, 3.05) is 18.8 Å². The second-order valence-electron chi connectivity index (χ2n) is 5.40. The molecule has 8 nitrogen and oxygen atoms in total. The number of carbonyl (C=O) groups is 2. The molecule has 0 aliphatic carbocycles.